The highest BCUT2D eigenvalue weighted by Gasteiger charge is 2.25. The van der Waals surface area contributed by atoms with Crippen LogP contribution in [0.15, 0.2) is 24.3 Å². The summed E-state index contributed by atoms with van der Waals surface area (Å²) >= 11 is 0. The minimum Gasteiger partial charge on any atom is -0.394 e. The highest BCUT2D eigenvalue weighted by molar-refractivity contribution is 5.46. The summed E-state index contributed by atoms with van der Waals surface area (Å²) in [4.78, 5) is 2.07. The van der Waals surface area contributed by atoms with Gasteiger partial charge in [-0.05, 0) is 45.0 Å². The highest BCUT2D eigenvalue weighted by Crippen LogP contribution is 2.18. The van der Waals surface area contributed by atoms with Crippen molar-refractivity contribution in [3.63, 3.8) is 0 Å². The SMILES string of the molecule is CCCNC(C)(CO)CN(CC)c1cccc(F)c1. The Morgan fingerprint density at radius 3 is 2.63 bits per heavy atom. The first-order chi connectivity index (χ1) is 9.04. The topological polar surface area (TPSA) is 35.5 Å². The number of aliphatic hydroxyl groups is 1. The number of nitrogens with zero attached hydrogens (tertiary/aromatic N) is 1. The number of halogens is 1. The maximum Gasteiger partial charge on any atom is 0.125 e. The quantitative estimate of drug-likeness (QED) is 0.760. The van der Waals surface area contributed by atoms with Crippen molar-refractivity contribution in [2.75, 3.05) is 31.1 Å². The summed E-state index contributed by atoms with van der Waals surface area (Å²) in [7, 11) is 0. The van der Waals surface area contributed by atoms with Crippen LogP contribution in [0.4, 0.5) is 10.1 Å². The highest BCUT2D eigenvalue weighted by atomic mass is 19.1. The van der Waals surface area contributed by atoms with E-state index in [1.54, 1.807) is 6.07 Å². The number of aliphatic hydroxyl groups excluding tert-OH is 1. The number of hydrogen-bond acceptors (Lipinski definition) is 3. The molecular weight excluding hydrogens is 243 g/mol. The van der Waals surface area contributed by atoms with Crippen LogP contribution in [0, 0.1) is 5.82 Å². The lowest BCUT2D eigenvalue weighted by molar-refractivity contribution is 0.178. The molecule has 0 saturated heterocycles. The van der Waals surface area contributed by atoms with Crippen molar-refractivity contribution in [1.82, 2.24) is 5.32 Å². The van der Waals surface area contributed by atoms with E-state index in [0.717, 1.165) is 25.2 Å². The minimum absolute atomic E-state index is 0.0544. The summed E-state index contributed by atoms with van der Waals surface area (Å²) in [6.07, 6.45) is 1.02. The molecule has 0 spiro atoms. The Labute approximate surface area is 115 Å². The van der Waals surface area contributed by atoms with Gasteiger partial charge in [-0.3, -0.25) is 0 Å². The van der Waals surface area contributed by atoms with E-state index in [9.17, 15) is 9.50 Å². The standard InChI is InChI=1S/C15H25FN2O/c1-4-9-17-15(3,12-19)11-18(5-2)14-8-6-7-13(16)10-14/h6-8,10,17,19H,4-5,9,11-12H2,1-3H3. The third-order valence-corrected chi connectivity index (χ3v) is 3.25. The second-order valence-corrected chi connectivity index (χ2v) is 5.14. The number of likely N-dealkylation sites (N-methyl/N-ethyl adjacent to an activating group) is 1. The van der Waals surface area contributed by atoms with Gasteiger partial charge in [-0.1, -0.05) is 13.0 Å². The number of nitrogens with one attached hydrogen (secondary N) is 1. The van der Waals surface area contributed by atoms with E-state index in [-0.39, 0.29) is 18.0 Å². The molecule has 1 unspecified atom stereocenters. The summed E-state index contributed by atoms with van der Waals surface area (Å²) in [5.41, 5.74) is 0.471. The Morgan fingerprint density at radius 2 is 2.11 bits per heavy atom. The molecule has 0 saturated carbocycles. The van der Waals surface area contributed by atoms with Crippen molar-refractivity contribution in [1.29, 1.82) is 0 Å². The molecule has 0 bridgehead atoms. The van der Waals surface area contributed by atoms with Gasteiger partial charge in [-0.2, -0.15) is 0 Å². The van der Waals surface area contributed by atoms with Gasteiger partial charge < -0.3 is 15.3 Å². The Balaban J connectivity index is 2.79. The summed E-state index contributed by atoms with van der Waals surface area (Å²) in [6.45, 7) is 8.44. The zero-order chi connectivity index (χ0) is 14.3. The first kappa shape index (κ1) is 15.9. The number of rotatable bonds is 8. The van der Waals surface area contributed by atoms with Gasteiger partial charge in [0.05, 0.1) is 12.1 Å². The maximum atomic E-state index is 13.3. The second-order valence-electron chi connectivity index (χ2n) is 5.14. The van der Waals surface area contributed by atoms with Crippen LogP contribution < -0.4 is 10.2 Å². The van der Waals surface area contributed by atoms with Crippen LogP contribution in [0.2, 0.25) is 0 Å². The smallest absolute Gasteiger partial charge is 0.125 e. The second kappa shape index (κ2) is 7.46. The maximum absolute atomic E-state index is 13.3. The Kier molecular flexibility index (Phi) is 6.25. The van der Waals surface area contributed by atoms with Gasteiger partial charge in [-0.25, -0.2) is 4.39 Å². The third-order valence-electron chi connectivity index (χ3n) is 3.25. The first-order valence-electron chi connectivity index (χ1n) is 6.91. The predicted molar refractivity (Wildman–Crippen MR) is 78.1 cm³/mol. The van der Waals surface area contributed by atoms with E-state index in [2.05, 4.69) is 17.1 Å². The molecule has 1 rings (SSSR count). The van der Waals surface area contributed by atoms with E-state index in [0.29, 0.717) is 6.54 Å². The molecule has 2 N–H and O–H groups in total. The lowest BCUT2D eigenvalue weighted by Crippen LogP contribution is -2.54. The van der Waals surface area contributed by atoms with Crippen molar-refractivity contribution in [3.8, 4) is 0 Å². The molecule has 0 fully saturated rings. The van der Waals surface area contributed by atoms with Crippen molar-refractivity contribution in [3.05, 3.63) is 30.1 Å². The molecule has 1 atom stereocenters. The van der Waals surface area contributed by atoms with Gasteiger partial charge >= 0.3 is 0 Å². The van der Waals surface area contributed by atoms with Crippen LogP contribution in [-0.4, -0.2) is 36.9 Å². The molecule has 1 aromatic carbocycles. The molecule has 0 radical (unpaired) electrons. The van der Waals surface area contributed by atoms with Crippen molar-refractivity contribution in [2.45, 2.75) is 32.7 Å². The minimum atomic E-state index is -0.377. The average molecular weight is 268 g/mol. The van der Waals surface area contributed by atoms with Crippen LogP contribution in [0.3, 0.4) is 0 Å². The van der Waals surface area contributed by atoms with Crippen molar-refractivity contribution in [2.24, 2.45) is 0 Å². The van der Waals surface area contributed by atoms with Gasteiger partial charge in [0.2, 0.25) is 0 Å². The van der Waals surface area contributed by atoms with Crippen LogP contribution in [0.1, 0.15) is 27.2 Å². The van der Waals surface area contributed by atoms with E-state index >= 15 is 0 Å². The van der Waals surface area contributed by atoms with Gasteiger partial charge in [0, 0.05) is 18.8 Å². The van der Waals surface area contributed by atoms with E-state index < -0.39 is 0 Å². The van der Waals surface area contributed by atoms with Gasteiger partial charge in [0.1, 0.15) is 5.82 Å². The first-order valence-corrected chi connectivity index (χ1v) is 6.91. The fourth-order valence-electron chi connectivity index (χ4n) is 2.07. The molecule has 1 aromatic rings. The molecule has 0 aliphatic carbocycles. The van der Waals surface area contributed by atoms with Crippen molar-refractivity contribution < 1.29 is 9.50 Å². The van der Waals surface area contributed by atoms with E-state index in [1.807, 2.05) is 19.9 Å². The summed E-state index contributed by atoms with van der Waals surface area (Å²) in [6, 6.07) is 6.58. The Hall–Kier alpha value is -1.13. The van der Waals surface area contributed by atoms with Crippen LogP contribution in [0.5, 0.6) is 0 Å². The zero-order valence-electron chi connectivity index (χ0n) is 12.1. The molecule has 0 heterocycles. The predicted octanol–water partition coefficient (Wildman–Crippen LogP) is 2.40. The van der Waals surface area contributed by atoms with Crippen LogP contribution in [0.25, 0.3) is 0 Å². The molecule has 0 aliphatic rings. The molecule has 0 aromatic heterocycles. The van der Waals surface area contributed by atoms with Crippen LogP contribution in [-0.2, 0) is 0 Å². The Bertz CT molecular complexity index is 386. The van der Waals surface area contributed by atoms with E-state index in [4.69, 9.17) is 0 Å². The van der Waals surface area contributed by atoms with Crippen molar-refractivity contribution >= 4 is 5.69 Å². The molecule has 19 heavy (non-hydrogen) atoms. The number of anilines is 1. The molecule has 0 amide bonds. The molecule has 108 valence electrons. The van der Waals surface area contributed by atoms with Gasteiger partial charge in [0.15, 0.2) is 0 Å². The summed E-state index contributed by atoms with van der Waals surface area (Å²) in [5.74, 6) is -0.233. The number of benzene rings is 1. The van der Waals surface area contributed by atoms with Gasteiger partial charge in [0.25, 0.3) is 0 Å². The molecular formula is C15H25FN2O. The lowest BCUT2D eigenvalue weighted by atomic mass is 10.0. The molecule has 0 aliphatic heterocycles. The van der Waals surface area contributed by atoms with E-state index in [1.165, 1.54) is 12.1 Å². The fraction of sp³-hybridized carbons (Fsp3) is 0.600. The third kappa shape index (κ3) is 4.80. The fourth-order valence-corrected chi connectivity index (χ4v) is 2.07. The average Bonchev–Trinajstić information content (AvgIpc) is 2.42. The molecule has 4 heteroatoms. The zero-order valence-corrected chi connectivity index (χ0v) is 12.1. The summed E-state index contributed by atoms with van der Waals surface area (Å²) in [5, 5.41) is 13.0. The van der Waals surface area contributed by atoms with Crippen LogP contribution >= 0.6 is 0 Å². The summed E-state index contributed by atoms with van der Waals surface area (Å²) < 4.78 is 13.3. The van der Waals surface area contributed by atoms with Gasteiger partial charge in [-0.15, -0.1) is 0 Å². The largest absolute Gasteiger partial charge is 0.394 e. The normalized spacial score (nSPS) is 14.2. The Morgan fingerprint density at radius 1 is 1.37 bits per heavy atom. The number of hydrogen-bond donors (Lipinski definition) is 2. The molecule has 3 nitrogen and oxygen atoms in total. The monoisotopic (exact) mass is 268 g/mol. The lowest BCUT2D eigenvalue weighted by Gasteiger charge is -2.36.